The minimum Gasteiger partial charge on any atom is -0.339 e. The van der Waals surface area contributed by atoms with Crippen LogP contribution in [-0.2, 0) is 4.79 Å². The van der Waals surface area contributed by atoms with Crippen molar-refractivity contribution in [2.45, 2.75) is 45.1 Å². The number of benzene rings is 1. The number of likely N-dealkylation sites (tertiary alicyclic amines) is 1. The number of rotatable bonds is 5. The van der Waals surface area contributed by atoms with Crippen molar-refractivity contribution < 1.29 is 18.4 Å². The van der Waals surface area contributed by atoms with Gasteiger partial charge in [0.05, 0.1) is 5.56 Å². The van der Waals surface area contributed by atoms with E-state index in [4.69, 9.17) is 0 Å². The number of hydrogen-bond acceptors (Lipinski definition) is 3. The van der Waals surface area contributed by atoms with Crippen molar-refractivity contribution in [3.05, 3.63) is 35.4 Å². The normalized spacial score (nSPS) is 18.9. The molecule has 1 aromatic carbocycles. The summed E-state index contributed by atoms with van der Waals surface area (Å²) < 4.78 is 27.0. The van der Waals surface area contributed by atoms with Gasteiger partial charge in [-0.25, -0.2) is 8.78 Å². The van der Waals surface area contributed by atoms with Crippen LogP contribution in [0.25, 0.3) is 0 Å². The fourth-order valence-corrected chi connectivity index (χ4v) is 4.23. The molecule has 0 radical (unpaired) electrons. The molecule has 0 bridgehead atoms. The maximum atomic E-state index is 13.9. The van der Waals surface area contributed by atoms with Gasteiger partial charge in [0, 0.05) is 37.7 Å². The van der Waals surface area contributed by atoms with Crippen molar-refractivity contribution in [2.75, 3.05) is 32.7 Å². The molecule has 5 nitrogen and oxygen atoms in total. The van der Waals surface area contributed by atoms with Crippen LogP contribution >= 0.6 is 0 Å². The van der Waals surface area contributed by atoms with E-state index in [1.807, 2.05) is 4.90 Å². The highest BCUT2D eigenvalue weighted by atomic mass is 19.1. The molecule has 0 unspecified atom stereocenters. The molecule has 2 aliphatic heterocycles. The Morgan fingerprint density at radius 3 is 2.43 bits per heavy atom. The van der Waals surface area contributed by atoms with E-state index in [-0.39, 0.29) is 17.4 Å². The van der Waals surface area contributed by atoms with Gasteiger partial charge in [0.15, 0.2) is 0 Å². The van der Waals surface area contributed by atoms with Crippen LogP contribution in [0.1, 0.15) is 49.4 Å². The number of hydrogen-bond donors (Lipinski definition) is 1. The molecule has 2 amide bonds. The van der Waals surface area contributed by atoms with E-state index in [1.54, 1.807) is 4.90 Å². The molecule has 2 saturated heterocycles. The molecule has 7 heteroatoms. The number of amides is 2. The van der Waals surface area contributed by atoms with Gasteiger partial charge in [0.25, 0.3) is 5.91 Å². The van der Waals surface area contributed by atoms with Gasteiger partial charge in [-0.3, -0.25) is 9.59 Å². The number of nitrogens with one attached hydrogen (secondary N) is 1. The van der Waals surface area contributed by atoms with E-state index in [9.17, 15) is 18.4 Å². The summed E-state index contributed by atoms with van der Waals surface area (Å²) in [6, 6.07) is 3.30. The minimum absolute atomic E-state index is 0.0939. The Hall–Kier alpha value is -2.02. The topological polar surface area (TPSA) is 52.7 Å². The molecule has 154 valence electrons. The molecule has 1 N–H and O–H groups in total. The lowest BCUT2D eigenvalue weighted by Crippen LogP contribution is -2.50. The van der Waals surface area contributed by atoms with Gasteiger partial charge in [-0.05, 0) is 57.3 Å². The van der Waals surface area contributed by atoms with Crippen LogP contribution in [0.15, 0.2) is 18.2 Å². The fraction of sp³-hybridized carbons (Fsp3) is 0.619. The Kier molecular flexibility index (Phi) is 6.99. The Balaban J connectivity index is 1.60. The van der Waals surface area contributed by atoms with Crippen LogP contribution in [0, 0.1) is 17.6 Å². The summed E-state index contributed by atoms with van der Waals surface area (Å²) >= 11 is 0. The quantitative estimate of drug-likeness (QED) is 0.837. The van der Waals surface area contributed by atoms with Gasteiger partial charge >= 0.3 is 0 Å². The van der Waals surface area contributed by atoms with Crippen molar-refractivity contribution >= 4 is 11.8 Å². The smallest absolute Gasteiger partial charge is 0.256 e. The predicted octanol–water partition coefficient (Wildman–Crippen LogP) is 2.81. The first-order valence-electron chi connectivity index (χ1n) is 10.3. The van der Waals surface area contributed by atoms with Crippen LogP contribution in [0.3, 0.4) is 0 Å². The molecule has 0 saturated carbocycles. The summed E-state index contributed by atoms with van der Waals surface area (Å²) in [7, 11) is 0. The van der Waals surface area contributed by atoms with Gasteiger partial charge in [-0.2, -0.15) is 0 Å². The molecule has 28 heavy (non-hydrogen) atoms. The zero-order valence-corrected chi connectivity index (χ0v) is 16.4. The highest BCUT2D eigenvalue weighted by molar-refractivity contribution is 5.94. The number of nitrogens with zero attached hydrogens (tertiary/aromatic N) is 2. The number of piperidine rings is 2. The third-order valence-electron chi connectivity index (χ3n) is 5.79. The molecular weight excluding hydrogens is 364 g/mol. The largest absolute Gasteiger partial charge is 0.339 e. The SMILES string of the molecule is CCCN(C(=O)C1CCN(C(=O)c2ccc(F)cc2F)CC1)C1CCNCC1. The molecule has 1 aromatic rings. The zero-order chi connectivity index (χ0) is 20.1. The molecule has 0 aromatic heterocycles. The van der Waals surface area contributed by atoms with Crippen molar-refractivity contribution in [2.24, 2.45) is 5.92 Å². The molecule has 0 atom stereocenters. The van der Waals surface area contributed by atoms with Gasteiger partial charge in [0.2, 0.25) is 5.91 Å². The summed E-state index contributed by atoms with van der Waals surface area (Å²) in [5.74, 6) is -1.89. The molecule has 2 fully saturated rings. The lowest BCUT2D eigenvalue weighted by molar-refractivity contribution is -0.140. The third kappa shape index (κ3) is 4.69. The maximum absolute atomic E-state index is 13.9. The van der Waals surface area contributed by atoms with E-state index in [2.05, 4.69) is 12.2 Å². The second-order valence-corrected chi connectivity index (χ2v) is 7.70. The summed E-state index contributed by atoms with van der Waals surface area (Å²) in [5, 5.41) is 3.34. The lowest BCUT2D eigenvalue weighted by Gasteiger charge is -2.39. The van der Waals surface area contributed by atoms with E-state index >= 15 is 0 Å². The van der Waals surface area contributed by atoms with Gasteiger partial charge in [-0.1, -0.05) is 6.92 Å². The Morgan fingerprint density at radius 1 is 1.14 bits per heavy atom. The van der Waals surface area contributed by atoms with Gasteiger partial charge in [-0.15, -0.1) is 0 Å². The average Bonchev–Trinajstić information content (AvgIpc) is 2.72. The maximum Gasteiger partial charge on any atom is 0.256 e. The summed E-state index contributed by atoms with van der Waals surface area (Å²) in [6.07, 6.45) is 4.05. The summed E-state index contributed by atoms with van der Waals surface area (Å²) in [5.41, 5.74) is -0.117. The molecule has 3 rings (SSSR count). The average molecular weight is 393 g/mol. The molecule has 2 aliphatic rings. The van der Waals surface area contributed by atoms with E-state index < -0.39 is 17.5 Å². The Labute approximate surface area is 165 Å². The monoisotopic (exact) mass is 393 g/mol. The van der Waals surface area contributed by atoms with E-state index in [0.29, 0.717) is 32.0 Å². The molecule has 0 spiro atoms. The second-order valence-electron chi connectivity index (χ2n) is 7.70. The van der Waals surface area contributed by atoms with Crippen LogP contribution in [0.4, 0.5) is 8.78 Å². The fourth-order valence-electron chi connectivity index (χ4n) is 4.23. The molecule has 2 heterocycles. The van der Waals surface area contributed by atoms with Gasteiger partial charge in [0.1, 0.15) is 11.6 Å². The number of carbonyl (C=O) groups excluding carboxylic acids is 2. The zero-order valence-electron chi connectivity index (χ0n) is 16.4. The number of halogens is 2. The molecular formula is C21H29F2N3O2. The Bertz CT molecular complexity index is 699. The van der Waals surface area contributed by atoms with Crippen molar-refractivity contribution in [1.29, 1.82) is 0 Å². The predicted molar refractivity (Wildman–Crippen MR) is 103 cm³/mol. The lowest BCUT2D eigenvalue weighted by atomic mass is 9.93. The summed E-state index contributed by atoms with van der Waals surface area (Å²) in [6.45, 7) is 5.56. The van der Waals surface area contributed by atoms with Crippen LogP contribution < -0.4 is 5.32 Å². The van der Waals surface area contributed by atoms with Gasteiger partial charge < -0.3 is 15.1 Å². The van der Waals surface area contributed by atoms with Crippen molar-refractivity contribution in [3.8, 4) is 0 Å². The van der Waals surface area contributed by atoms with Crippen LogP contribution in [-0.4, -0.2) is 60.4 Å². The van der Waals surface area contributed by atoms with Crippen molar-refractivity contribution in [3.63, 3.8) is 0 Å². The first-order valence-corrected chi connectivity index (χ1v) is 10.3. The third-order valence-corrected chi connectivity index (χ3v) is 5.79. The molecule has 0 aliphatic carbocycles. The van der Waals surface area contributed by atoms with E-state index in [0.717, 1.165) is 51.0 Å². The van der Waals surface area contributed by atoms with Crippen LogP contribution in [0.2, 0.25) is 0 Å². The summed E-state index contributed by atoms with van der Waals surface area (Å²) in [4.78, 5) is 29.3. The van der Waals surface area contributed by atoms with Crippen LogP contribution in [0.5, 0.6) is 0 Å². The highest BCUT2D eigenvalue weighted by Gasteiger charge is 2.33. The first kappa shape index (κ1) is 20.7. The highest BCUT2D eigenvalue weighted by Crippen LogP contribution is 2.25. The minimum atomic E-state index is -0.844. The second kappa shape index (κ2) is 9.45. The number of carbonyl (C=O) groups is 2. The standard InChI is InChI=1S/C21H29F2N3O2/c1-2-11-26(17-5-9-24-10-6-17)20(27)15-7-12-25(13-8-15)21(28)18-4-3-16(22)14-19(18)23/h3-4,14-15,17,24H,2,5-13H2,1H3. The van der Waals surface area contributed by atoms with E-state index in [1.165, 1.54) is 6.07 Å². The van der Waals surface area contributed by atoms with Crippen molar-refractivity contribution in [1.82, 2.24) is 15.1 Å². The first-order chi connectivity index (χ1) is 13.5. The Morgan fingerprint density at radius 2 is 1.82 bits per heavy atom.